The fourth-order valence-electron chi connectivity index (χ4n) is 4.91. The SMILES string of the molecule is O=C(c1cccs1)N1N=C2/C(=C/c3ccccc3OC(F)F)CCC[C@@H]2[C@H]1c1ccccc1OC(F)F. The number of thiophene rings is 1. The maximum absolute atomic E-state index is 13.5. The van der Waals surface area contributed by atoms with Crippen molar-refractivity contribution in [1.29, 1.82) is 0 Å². The first kappa shape index (κ1) is 25.0. The largest absolute Gasteiger partial charge is 0.434 e. The Labute approximate surface area is 214 Å². The minimum absolute atomic E-state index is 0.0188. The molecule has 1 aliphatic heterocycles. The van der Waals surface area contributed by atoms with E-state index in [2.05, 4.69) is 4.74 Å². The molecule has 5 nitrogen and oxygen atoms in total. The van der Waals surface area contributed by atoms with Gasteiger partial charge in [-0.15, -0.1) is 11.3 Å². The van der Waals surface area contributed by atoms with Crippen LogP contribution in [-0.4, -0.2) is 29.9 Å². The van der Waals surface area contributed by atoms with Gasteiger partial charge in [-0.3, -0.25) is 4.79 Å². The number of hydrogen-bond donors (Lipinski definition) is 0. The monoisotopic (exact) mass is 530 g/mol. The molecule has 3 aromatic rings. The number of carbonyl (C=O) groups excluding carboxylic acids is 1. The van der Waals surface area contributed by atoms with Crippen LogP contribution in [0.3, 0.4) is 0 Å². The third-order valence-corrected chi connectivity index (χ3v) is 7.22. The number of hydrazone groups is 1. The highest BCUT2D eigenvalue weighted by atomic mass is 32.1. The van der Waals surface area contributed by atoms with Gasteiger partial charge in [0.2, 0.25) is 0 Å². The summed E-state index contributed by atoms with van der Waals surface area (Å²) in [5.74, 6) is -0.636. The lowest BCUT2D eigenvalue weighted by molar-refractivity contribution is -0.0514. The van der Waals surface area contributed by atoms with Crippen LogP contribution in [0, 0.1) is 5.92 Å². The predicted octanol–water partition coefficient (Wildman–Crippen LogP) is 7.39. The van der Waals surface area contributed by atoms with Crippen LogP contribution >= 0.6 is 11.3 Å². The standard InChI is InChI=1S/C27H22F4N2O3S/c28-26(29)35-20-11-3-1-7-16(20)15-17-8-5-10-19-23(17)32-33(25(34)22-13-6-14-37-22)24(19)18-9-2-4-12-21(18)36-27(30)31/h1-4,6-7,9,11-15,19,24,26-27H,5,8,10H2/b17-15+/t19-,24+/m0/s1. The summed E-state index contributed by atoms with van der Waals surface area (Å²) in [6.45, 7) is -6.00. The molecule has 192 valence electrons. The molecule has 2 atom stereocenters. The predicted molar refractivity (Wildman–Crippen MR) is 132 cm³/mol. The van der Waals surface area contributed by atoms with Gasteiger partial charge in [0.05, 0.1) is 16.6 Å². The van der Waals surface area contributed by atoms with E-state index in [1.807, 2.05) is 0 Å². The van der Waals surface area contributed by atoms with E-state index in [1.165, 1.54) is 28.5 Å². The number of hydrogen-bond acceptors (Lipinski definition) is 5. The van der Waals surface area contributed by atoms with Gasteiger partial charge in [-0.2, -0.15) is 22.7 Å². The second-order valence-electron chi connectivity index (χ2n) is 8.56. The molecule has 0 unspecified atom stereocenters. The first-order valence-electron chi connectivity index (χ1n) is 11.7. The molecule has 1 saturated carbocycles. The number of para-hydroxylation sites is 2. The summed E-state index contributed by atoms with van der Waals surface area (Å²) in [7, 11) is 0. The normalized spacial score (nSPS) is 20.3. The Morgan fingerprint density at radius 1 is 0.973 bits per heavy atom. The lowest BCUT2D eigenvalue weighted by atomic mass is 9.77. The van der Waals surface area contributed by atoms with Crippen LogP contribution in [0.4, 0.5) is 17.6 Å². The Morgan fingerprint density at radius 2 is 1.68 bits per heavy atom. The van der Waals surface area contributed by atoms with Gasteiger partial charge in [0.1, 0.15) is 11.5 Å². The Balaban J connectivity index is 1.59. The Hall–Kier alpha value is -3.66. The van der Waals surface area contributed by atoms with Gasteiger partial charge in [0.15, 0.2) is 0 Å². The fourth-order valence-corrected chi connectivity index (χ4v) is 5.56. The van der Waals surface area contributed by atoms with Gasteiger partial charge < -0.3 is 9.47 Å². The van der Waals surface area contributed by atoms with Gasteiger partial charge in [-0.25, -0.2) is 5.01 Å². The van der Waals surface area contributed by atoms with Crippen LogP contribution in [-0.2, 0) is 0 Å². The van der Waals surface area contributed by atoms with Crippen LogP contribution in [0.5, 0.6) is 11.5 Å². The highest BCUT2D eigenvalue weighted by Gasteiger charge is 2.45. The molecule has 1 fully saturated rings. The molecule has 2 aromatic carbocycles. The van der Waals surface area contributed by atoms with Crippen molar-refractivity contribution < 1.29 is 31.8 Å². The molecular weight excluding hydrogens is 508 g/mol. The summed E-state index contributed by atoms with van der Waals surface area (Å²) in [4.78, 5) is 14.0. The number of allylic oxidation sites excluding steroid dienone is 1. The van der Waals surface area contributed by atoms with E-state index in [4.69, 9.17) is 9.84 Å². The van der Waals surface area contributed by atoms with Gasteiger partial charge in [-0.05, 0) is 54.5 Å². The average Bonchev–Trinajstić information content (AvgIpc) is 3.54. The summed E-state index contributed by atoms with van der Waals surface area (Å²) in [6.07, 6.45) is 3.76. The Morgan fingerprint density at radius 3 is 2.41 bits per heavy atom. The van der Waals surface area contributed by atoms with E-state index < -0.39 is 19.3 Å². The molecule has 10 heteroatoms. The van der Waals surface area contributed by atoms with Crippen molar-refractivity contribution in [3.05, 3.63) is 87.6 Å². The minimum atomic E-state index is -3.03. The lowest BCUT2D eigenvalue weighted by Gasteiger charge is -2.30. The van der Waals surface area contributed by atoms with E-state index in [-0.39, 0.29) is 23.3 Å². The van der Waals surface area contributed by atoms with Crippen molar-refractivity contribution >= 4 is 29.0 Å². The smallest absolute Gasteiger partial charge is 0.387 e. The van der Waals surface area contributed by atoms with E-state index >= 15 is 0 Å². The Bertz CT molecular complexity index is 1330. The zero-order valence-electron chi connectivity index (χ0n) is 19.4. The molecule has 0 radical (unpaired) electrons. The minimum Gasteiger partial charge on any atom is -0.434 e. The first-order valence-corrected chi connectivity index (χ1v) is 12.5. The Kier molecular flexibility index (Phi) is 7.27. The van der Waals surface area contributed by atoms with Crippen LogP contribution < -0.4 is 9.47 Å². The number of amides is 1. The molecule has 1 aliphatic carbocycles. The van der Waals surface area contributed by atoms with E-state index in [0.29, 0.717) is 34.6 Å². The van der Waals surface area contributed by atoms with Gasteiger partial charge >= 0.3 is 13.2 Å². The van der Waals surface area contributed by atoms with Crippen molar-refractivity contribution in [2.45, 2.75) is 38.5 Å². The number of nitrogens with zero attached hydrogens (tertiary/aromatic N) is 2. The summed E-state index contributed by atoms with van der Waals surface area (Å²) < 4.78 is 61.9. The van der Waals surface area contributed by atoms with Crippen LogP contribution in [0.2, 0.25) is 0 Å². The maximum atomic E-state index is 13.5. The molecule has 0 bridgehead atoms. The summed E-state index contributed by atoms with van der Waals surface area (Å²) in [5, 5.41) is 7.84. The van der Waals surface area contributed by atoms with E-state index in [1.54, 1.807) is 60.0 Å². The molecule has 1 aromatic heterocycles. The van der Waals surface area contributed by atoms with E-state index in [9.17, 15) is 22.4 Å². The molecular formula is C27H22F4N2O3S. The summed E-state index contributed by atoms with van der Waals surface area (Å²) in [6, 6.07) is 15.6. The first-order chi connectivity index (χ1) is 17.9. The average molecular weight is 531 g/mol. The van der Waals surface area contributed by atoms with Gasteiger partial charge in [-0.1, -0.05) is 42.5 Å². The maximum Gasteiger partial charge on any atom is 0.387 e. The number of benzene rings is 2. The highest BCUT2D eigenvalue weighted by molar-refractivity contribution is 7.12. The number of fused-ring (bicyclic) bond motifs is 1. The second-order valence-corrected chi connectivity index (χ2v) is 9.51. The number of ether oxygens (including phenoxy) is 2. The number of halogens is 4. The molecule has 1 amide bonds. The van der Waals surface area contributed by atoms with Crippen molar-refractivity contribution in [3.8, 4) is 11.5 Å². The molecule has 0 N–H and O–H groups in total. The molecule has 2 aliphatic rings. The summed E-state index contributed by atoms with van der Waals surface area (Å²) in [5.41, 5.74) is 2.29. The molecule has 2 heterocycles. The molecule has 0 saturated heterocycles. The molecule has 0 spiro atoms. The highest BCUT2D eigenvalue weighted by Crippen LogP contribution is 2.47. The molecule has 37 heavy (non-hydrogen) atoms. The van der Waals surface area contributed by atoms with Crippen LogP contribution in [0.25, 0.3) is 6.08 Å². The third-order valence-electron chi connectivity index (χ3n) is 6.36. The molecule has 5 rings (SSSR count). The quantitative estimate of drug-likeness (QED) is 0.299. The summed E-state index contributed by atoms with van der Waals surface area (Å²) >= 11 is 1.26. The second kappa shape index (κ2) is 10.8. The number of carbonyl (C=O) groups is 1. The van der Waals surface area contributed by atoms with Crippen molar-refractivity contribution in [2.75, 3.05) is 0 Å². The zero-order chi connectivity index (χ0) is 25.9. The lowest BCUT2D eigenvalue weighted by Crippen LogP contribution is -2.32. The topological polar surface area (TPSA) is 51.1 Å². The van der Waals surface area contributed by atoms with Crippen LogP contribution in [0.15, 0.2) is 76.7 Å². The van der Waals surface area contributed by atoms with Crippen molar-refractivity contribution in [1.82, 2.24) is 5.01 Å². The number of alkyl halides is 4. The van der Waals surface area contributed by atoms with Crippen molar-refractivity contribution in [2.24, 2.45) is 11.0 Å². The van der Waals surface area contributed by atoms with Crippen molar-refractivity contribution in [3.63, 3.8) is 0 Å². The van der Waals surface area contributed by atoms with E-state index in [0.717, 1.165) is 12.0 Å². The van der Waals surface area contributed by atoms with Crippen LogP contribution in [0.1, 0.15) is 46.1 Å². The zero-order valence-corrected chi connectivity index (χ0v) is 20.2. The fraction of sp³-hybridized carbons (Fsp3) is 0.259. The number of rotatable bonds is 7. The van der Waals surface area contributed by atoms with Gasteiger partial charge in [0, 0.05) is 17.0 Å². The van der Waals surface area contributed by atoms with Gasteiger partial charge in [0.25, 0.3) is 5.91 Å². The third kappa shape index (κ3) is 5.24.